The van der Waals surface area contributed by atoms with Gasteiger partial charge in [0.15, 0.2) is 0 Å². The van der Waals surface area contributed by atoms with Gasteiger partial charge in [-0.05, 0) is 32.1 Å². The summed E-state index contributed by atoms with van der Waals surface area (Å²) in [6.07, 6.45) is 20.9. The maximum atomic E-state index is 12.3. The van der Waals surface area contributed by atoms with Crippen molar-refractivity contribution in [2.45, 2.75) is 111 Å². The molecule has 1 fully saturated rings. The van der Waals surface area contributed by atoms with Gasteiger partial charge in [0, 0.05) is 11.8 Å². The van der Waals surface area contributed by atoms with Crippen molar-refractivity contribution in [1.29, 1.82) is 0 Å². The third-order valence-corrected chi connectivity index (χ3v) is 6.64. The van der Waals surface area contributed by atoms with Crippen LogP contribution in [0.5, 0.6) is 0 Å². The van der Waals surface area contributed by atoms with E-state index in [9.17, 15) is 9.36 Å². The lowest BCUT2D eigenvalue weighted by molar-refractivity contribution is -0.120. The first-order valence-corrected chi connectivity index (χ1v) is 13.3. The van der Waals surface area contributed by atoms with Crippen LogP contribution in [0.4, 0.5) is 0 Å². The van der Waals surface area contributed by atoms with E-state index in [1.807, 2.05) is 13.8 Å². The van der Waals surface area contributed by atoms with Gasteiger partial charge in [0.2, 0.25) is 5.91 Å². The Hall–Kier alpha value is -0.640. The molecule has 0 bridgehead atoms. The third kappa shape index (κ3) is 14.1. The molecular weight excluding hydrogens is 385 g/mol. The molecule has 0 saturated carbocycles. The number of carbonyl (C=O) groups excluding carboxylic acids is 1. The number of nitrogens with one attached hydrogen (secondary N) is 1. The van der Waals surface area contributed by atoms with Crippen molar-refractivity contribution < 1.29 is 18.4 Å². The van der Waals surface area contributed by atoms with Crippen LogP contribution in [0.25, 0.3) is 0 Å². The molecule has 1 amide bonds. The zero-order valence-electron chi connectivity index (χ0n) is 19.0. The predicted molar refractivity (Wildman–Crippen MR) is 121 cm³/mol. The zero-order chi connectivity index (χ0) is 21.4. The number of carbonyl (C=O) groups is 1. The van der Waals surface area contributed by atoms with E-state index in [0.717, 1.165) is 25.7 Å². The van der Waals surface area contributed by atoms with Crippen LogP contribution in [0, 0.1) is 5.41 Å². The largest absolute Gasteiger partial charge is 0.434 e. The molecule has 5 nitrogen and oxygen atoms in total. The normalized spacial score (nSPS) is 18.2. The van der Waals surface area contributed by atoms with Crippen molar-refractivity contribution >= 4 is 13.7 Å². The van der Waals surface area contributed by atoms with Gasteiger partial charge in [0.25, 0.3) is 0 Å². The minimum Gasteiger partial charge on any atom is -0.292 e. The van der Waals surface area contributed by atoms with E-state index in [2.05, 4.69) is 24.2 Å². The van der Waals surface area contributed by atoms with Crippen LogP contribution in [0.2, 0.25) is 0 Å². The Morgan fingerprint density at radius 2 is 1.34 bits per heavy atom. The first-order valence-electron chi connectivity index (χ1n) is 11.7. The van der Waals surface area contributed by atoms with Gasteiger partial charge in [-0.3, -0.25) is 18.9 Å². The van der Waals surface area contributed by atoms with E-state index >= 15 is 0 Å². The monoisotopic (exact) mass is 429 g/mol. The highest BCUT2D eigenvalue weighted by molar-refractivity contribution is 7.52. The summed E-state index contributed by atoms with van der Waals surface area (Å²) in [5.41, 5.74) is -0.165. The fourth-order valence-corrected chi connectivity index (χ4v) is 4.89. The van der Waals surface area contributed by atoms with E-state index in [-0.39, 0.29) is 11.3 Å². The first-order chi connectivity index (χ1) is 13.9. The van der Waals surface area contributed by atoms with Crippen molar-refractivity contribution in [3.63, 3.8) is 0 Å². The summed E-state index contributed by atoms with van der Waals surface area (Å²) in [7, 11) is -3.45. The summed E-state index contributed by atoms with van der Waals surface area (Å²) < 4.78 is 22.9. The van der Waals surface area contributed by atoms with E-state index in [1.54, 1.807) is 0 Å². The third-order valence-electron chi connectivity index (χ3n) is 5.18. The molecule has 1 aliphatic rings. The van der Waals surface area contributed by atoms with Gasteiger partial charge in [-0.15, -0.1) is 0 Å². The number of hydrogen-bond acceptors (Lipinski definition) is 4. The smallest absolute Gasteiger partial charge is 0.292 e. The van der Waals surface area contributed by atoms with Crippen molar-refractivity contribution in [3.05, 3.63) is 12.2 Å². The van der Waals surface area contributed by atoms with Crippen LogP contribution in [-0.4, -0.2) is 19.1 Å². The molecule has 1 heterocycles. The van der Waals surface area contributed by atoms with Crippen molar-refractivity contribution in [1.82, 2.24) is 5.09 Å². The van der Waals surface area contributed by atoms with Crippen LogP contribution >= 0.6 is 7.75 Å². The topological polar surface area (TPSA) is 64.6 Å². The fourth-order valence-electron chi connectivity index (χ4n) is 3.23. The second-order valence-electron chi connectivity index (χ2n) is 9.08. The van der Waals surface area contributed by atoms with Crippen LogP contribution in [-0.2, 0) is 18.4 Å². The minimum atomic E-state index is -3.45. The summed E-state index contributed by atoms with van der Waals surface area (Å²) in [6, 6.07) is 0. The summed E-state index contributed by atoms with van der Waals surface area (Å²) in [4.78, 5) is 12.0. The molecule has 0 radical (unpaired) electrons. The Morgan fingerprint density at radius 3 is 1.90 bits per heavy atom. The van der Waals surface area contributed by atoms with Gasteiger partial charge in [-0.1, -0.05) is 84.3 Å². The fraction of sp³-hybridized carbons (Fsp3) is 0.870. The minimum absolute atomic E-state index is 0.165. The molecule has 1 N–H and O–H groups in total. The molecule has 0 aromatic heterocycles. The molecule has 29 heavy (non-hydrogen) atoms. The van der Waals surface area contributed by atoms with Gasteiger partial charge in [-0.25, -0.2) is 4.57 Å². The lowest BCUT2D eigenvalue weighted by Gasteiger charge is -2.33. The Labute approximate surface area is 179 Å². The Bertz CT molecular complexity index is 505. The molecule has 0 aliphatic carbocycles. The van der Waals surface area contributed by atoms with Crippen molar-refractivity contribution in [3.8, 4) is 0 Å². The lowest BCUT2D eigenvalue weighted by atomic mass is 9.97. The predicted octanol–water partition coefficient (Wildman–Crippen LogP) is 7.32. The van der Waals surface area contributed by atoms with Gasteiger partial charge < -0.3 is 0 Å². The summed E-state index contributed by atoms with van der Waals surface area (Å²) in [5, 5.41) is 2.45. The van der Waals surface area contributed by atoms with Gasteiger partial charge in [0.05, 0.1) is 13.2 Å². The molecule has 0 atom stereocenters. The average Bonchev–Trinajstić information content (AvgIpc) is 2.67. The zero-order valence-corrected chi connectivity index (χ0v) is 19.9. The van der Waals surface area contributed by atoms with E-state index in [1.165, 1.54) is 57.8 Å². The standard InChI is InChI=1S/C23H44NO4P/c1-4-5-6-7-8-9-10-11-12-13-14-15-16-17-18-19-22(25)24-29(26)27-20-23(2,3)21-28-29/h11-12H,4-10,13-21H2,1-3H3,(H,24,25,26)/b12-11-. The van der Waals surface area contributed by atoms with Crippen LogP contribution in [0.1, 0.15) is 111 Å². The Kier molecular flexibility index (Phi) is 13.8. The van der Waals surface area contributed by atoms with Crippen LogP contribution < -0.4 is 5.09 Å². The van der Waals surface area contributed by atoms with Gasteiger partial charge in [-0.2, -0.15) is 0 Å². The second kappa shape index (κ2) is 15.2. The number of amides is 1. The van der Waals surface area contributed by atoms with E-state index in [0.29, 0.717) is 19.6 Å². The highest BCUT2D eigenvalue weighted by atomic mass is 31.2. The molecule has 170 valence electrons. The van der Waals surface area contributed by atoms with Gasteiger partial charge in [0.1, 0.15) is 0 Å². The van der Waals surface area contributed by atoms with Crippen LogP contribution in [0.15, 0.2) is 12.2 Å². The van der Waals surface area contributed by atoms with E-state index < -0.39 is 7.75 Å². The molecule has 1 aliphatic heterocycles. The van der Waals surface area contributed by atoms with Crippen LogP contribution in [0.3, 0.4) is 0 Å². The SMILES string of the molecule is CCCCCCCC/C=C\CCCCCCCC(=O)NP1(=O)OCC(C)(C)CO1. The van der Waals surface area contributed by atoms with Crippen molar-refractivity contribution in [2.75, 3.05) is 13.2 Å². The highest BCUT2D eigenvalue weighted by Gasteiger charge is 2.37. The number of hydrogen-bond donors (Lipinski definition) is 1. The van der Waals surface area contributed by atoms with E-state index in [4.69, 9.17) is 9.05 Å². The molecule has 0 aromatic carbocycles. The molecule has 0 aromatic rings. The summed E-state index contributed by atoms with van der Waals surface area (Å²) in [6.45, 7) is 6.87. The number of unbranched alkanes of at least 4 members (excludes halogenated alkanes) is 11. The first kappa shape index (κ1) is 26.4. The maximum absolute atomic E-state index is 12.3. The molecular formula is C23H44NO4P. The van der Waals surface area contributed by atoms with Gasteiger partial charge >= 0.3 is 7.75 Å². The molecule has 6 heteroatoms. The Balaban J connectivity index is 1.91. The molecule has 1 rings (SSSR count). The Morgan fingerprint density at radius 1 is 0.862 bits per heavy atom. The molecule has 0 spiro atoms. The highest BCUT2D eigenvalue weighted by Crippen LogP contribution is 2.50. The average molecular weight is 430 g/mol. The summed E-state index contributed by atoms with van der Waals surface area (Å²) >= 11 is 0. The van der Waals surface area contributed by atoms with Crippen molar-refractivity contribution in [2.24, 2.45) is 5.41 Å². The summed E-state index contributed by atoms with van der Waals surface area (Å²) in [5.74, 6) is -0.245. The maximum Gasteiger partial charge on any atom is 0.434 e. The molecule has 0 unspecified atom stereocenters. The molecule has 1 saturated heterocycles. The quantitative estimate of drug-likeness (QED) is 0.159. The lowest BCUT2D eigenvalue weighted by Crippen LogP contribution is -2.34. The second-order valence-corrected chi connectivity index (χ2v) is 10.8. The number of rotatable bonds is 16. The number of allylic oxidation sites excluding steroid dienone is 2.